The first-order valence-electron chi connectivity index (χ1n) is 7.28. The Morgan fingerprint density at radius 1 is 1.36 bits per heavy atom. The van der Waals surface area contributed by atoms with Crippen LogP contribution in [0.4, 0.5) is 5.82 Å². The van der Waals surface area contributed by atoms with Crippen molar-refractivity contribution in [3.05, 3.63) is 41.6 Å². The van der Waals surface area contributed by atoms with Crippen LogP contribution < -0.4 is 10.1 Å². The second-order valence-electron chi connectivity index (χ2n) is 5.10. The van der Waals surface area contributed by atoms with Crippen molar-refractivity contribution in [2.24, 2.45) is 0 Å². The number of hydrogen-bond donors (Lipinski definition) is 1. The van der Waals surface area contributed by atoms with Gasteiger partial charge in [0.05, 0.1) is 17.3 Å². The highest BCUT2D eigenvalue weighted by atomic mass is 35.5. The minimum atomic E-state index is -0.666. The highest BCUT2D eigenvalue weighted by molar-refractivity contribution is 6.32. The summed E-state index contributed by atoms with van der Waals surface area (Å²) in [6.45, 7) is 5.80. The van der Waals surface area contributed by atoms with Crippen molar-refractivity contribution in [3.63, 3.8) is 0 Å². The predicted octanol–water partition coefficient (Wildman–Crippen LogP) is 3.91. The standard InChI is InChI=1S/C16H20ClN3O2/c1-4-11(2)20-15(9-10-18-20)19-16(21)12(3)22-14-8-6-5-7-13(14)17/h5-12H,4H2,1-3H3,(H,19,21)/t11-,12+/m1/s1. The number of anilines is 1. The Labute approximate surface area is 135 Å². The summed E-state index contributed by atoms with van der Waals surface area (Å²) in [5.74, 6) is 0.904. The van der Waals surface area contributed by atoms with E-state index < -0.39 is 6.10 Å². The minimum absolute atomic E-state index is 0.213. The molecule has 0 unspecified atom stereocenters. The average molecular weight is 322 g/mol. The summed E-state index contributed by atoms with van der Waals surface area (Å²) in [7, 11) is 0. The number of benzene rings is 1. The van der Waals surface area contributed by atoms with Crippen LogP contribution in [0.15, 0.2) is 36.5 Å². The Morgan fingerprint density at radius 2 is 2.09 bits per heavy atom. The first-order valence-corrected chi connectivity index (χ1v) is 7.66. The summed E-state index contributed by atoms with van der Waals surface area (Å²) < 4.78 is 7.40. The molecule has 6 heteroatoms. The summed E-state index contributed by atoms with van der Waals surface area (Å²) in [5.41, 5.74) is 0. The fraction of sp³-hybridized carbons (Fsp3) is 0.375. The van der Waals surface area contributed by atoms with Gasteiger partial charge in [-0.1, -0.05) is 30.7 Å². The van der Waals surface area contributed by atoms with E-state index in [1.807, 2.05) is 19.1 Å². The monoisotopic (exact) mass is 321 g/mol. The zero-order valence-electron chi connectivity index (χ0n) is 12.9. The molecular formula is C16H20ClN3O2. The van der Waals surface area contributed by atoms with Gasteiger partial charge < -0.3 is 10.1 Å². The van der Waals surface area contributed by atoms with E-state index >= 15 is 0 Å². The lowest BCUT2D eigenvalue weighted by atomic mass is 10.3. The third-order valence-electron chi connectivity index (χ3n) is 3.44. The molecular weight excluding hydrogens is 302 g/mol. The molecule has 5 nitrogen and oxygen atoms in total. The molecule has 1 N–H and O–H groups in total. The smallest absolute Gasteiger partial charge is 0.266 e. The molecule has 1 aromatic carbocycles. The van der Waals surface area contributed by atoms with E-state index in [2.05, 4.69) is 17.3 Å². The number of nitrogens with one attached hydrogen (secondary N) is 1. The second kappa shape index (κ2) is 7.31. The van der Waals surface area contributed by atoms with Gasteiger partial charge in [-0.25, -0.2) is 4.68 Å². The maximum atomic E-state index is 12.3. The van der Waals surface area contributed by atoms with Crippen molar-refractivity contribution >= 4 is 23.3 Å². The molecule has 0 aliphatic carbocycles. The molecule has 1 amide bonds. The van der Waals surface area contributed by atoms with Gasteiger partial charge in [-0.05, 0) is 32.4 Å². The Balaban J connectivity index is 2.03. The van der Waals surface area contributed by atoms with Gasteiger partial charge in [0, 0.05) is 6.07 Å². The molecule has 0 spiro atoms. The van der Waals surface area contributed by atoms with Gasteiger partial charge in [0.2, 0.25) is 0 Å². The number of para-hydroxylation sites is 1. The van der Waals surface area contributed by atoms with Gasteiger partial charge in [0.25, 0.3) is 5.91 Å². The Kier molecular flexibility index (Phi) is 5.44. The van der Waals surface area contributed by atoms with E-state index in [0.717, 1.165) is 6.42 Å². The number of nitrogens with zero attached hydrogens (tertiary/aromatic N) is 2. The van der Waals surface area contributed by atoms with Crippen molar-refractivity contribution in [2.75, 3.05) is 5.32 Å². The lowest BCUT2D eigenvalue weighted by Gasteiger charge is -2.18. The zero-order valence-corrected chi connectivity index (χ0v) is 13.7. The van der Waals surface area contributed by atoms with Gasteiger partial charge in [-0.3, -0.25) is 4.79 Å². The van der Waals surface area contributed by atoms with Crippen LogP contribution in [0.3, 0.4) is 0 Å². The first-order chi connectivity index (χ1) is 10.5. The van der Waals surface area contributed by atoms with E-state index in [-0.39, 0.29) is 11.9 Å². The van der Waals surface area contributed by atoms with Gasteiger partial charge in [-0.15, -0.1) is 0 Å². The van der Waals surface area contributed by atoms with E-state index in [9.17, 15) is 4.79 Å². The number of carbonyl (C=O) groups excluding carboxylic acids is 1. The SMILES string of the molecule is CC[C@@H](C)n1nccc1NC(=O)[C@H](C)Oc1ccccc1Cl. The predicted molar refractivity (Wildman–Crippen MR) is 87.4 cm³/mol. The molecule has 0 aliphatic rings. The Bertz CT molecular complexity index is 642. The van der Waals surface area contributed by atoms with Gasteiger partial charge >= 0.3 is 0 Å². The zero-order chi connectivity index (χ0) is 16.1. The molecule has 0 saturated heterocycles. The molecule has 1 heterocycles. The van der Waals surface area contributed by atoms with Crippen LogP contribution in [0.25, 0.3) is 0 Å². The molecule has 2 rings (SSSR count). The maximum absolute atomic E-state index is 12.3. The van der Waals surface area contributed by atoms with E-state index in [1.54, 1.807) is 36.0 Å². The first kappa shape index (κ1) is 16.4. The molecule has 0 saturated carbocycles. The van der Waals surface area contributed by atoms with E-state index in [1.165, 1.54) is 0 Å². The molecule has 118 valence electrons. The summed E-state index contributed by atoms with van der Waals surface area (Å²) in [6, 6.07) is 9.06. The lowest BCUT2D eigenvalue weighted by Crippen LogP contribution is -2.31. The van der Waals surface area contributed by atoms with Crippen molar-refractivity contribution < 1.29 is 9.53 Å². The Hall–Kier alpha value is -2.01. The molecule has 0 aliphatic heterocycles. The number of hydrogen-bond acceptors (Lipinski definition) is 3. The van der Waals surface area contributed by atoms with Crippen LogP contribution in [0.2, 0.25) is 5.02 Å². The molecule has 0 radical (unpaired) electrons. The van der Waals surface area contributed by atoms with Crippen LogP contribution >= 0.6 is 11.6 Å². The van der Waals surface area contributed by atoms with Crippen LogP contribution in [0.1, 0.15) is 33.2 Å². The van der Waals surface area contributed by atoms with Crippen molar-refractivity contribution in [3.8, 4) is 5.75 Å². The van der Waals surface area contributed by atoms with Crippen LogP contribution in [-0.4, -0.2) is 21.8 Å². The average Bonchev–Trinajstić information content (AvgIpc) is 2.96. The number of halogens is 1. The highest BCUT2D eigenvalue weighted by Crippen LogP contribution is 2.24. The molecule has 2 atom stereocenters. The molecule has 0 bridgehead atoms. The number of carbonyl (C=O) groups is 1. The maximum Gasteiger partial charge on any atom is 0.266 e. The third kappa shape index (κ3) is 3.80. The summed E-state index contributed by atoms with van der Waals surface area (Å²) in [4.78, 5) is 12.3. The second-order valence-corrected chi connectivity index (χ2v) is 5.51. The number of aromatic nitrogens is 2. The van der Waals surface area contributed by atoms with Gasteiger partial charge in [0.15, 0.2) is 6.10 Å². The molecule has 0 fully saturated rings. The Morgan fingerprint density at radius 3 is 2.77 bits per heavy atom. The lowest BCUT2D eigenvalue weighted by molar-refractivity contribution is -0.122. The summed E-state index contributed by atoms with van der Waals surface area (Å²) in [6.07, 6.45) is 1.93. The quantitative estimate of drug-likeness (QED) is 0.877. The van der Waals surface area contributed by atoms with Crippen LogP contribution in [0, 0.1) is 0 Å². The molecule has 22 heavy (non-hydrogen) atoms. The van der Waals surface area contributed by atoms with E-state index in [4.69, 9.17) is 16.3 Å². The van der Waals surface area contributed by atoms with Crippen LogP contribution in [0.5, 0.6) is 5.75 Å². The largest absolute Gasteiger partial charge is 0.479 e. The number of rotatable bonds is 6. The number of ether oxygens (including phenoxy) is 1. The van der Waals surface area contributed by atoms with Gasteiger partial charge in [-0.2, -0.15) is 5.10 Å². The topological polar surface area (TPSA) is 56.2 Å². The van der Waals surface area contributed by atoms with Crippen LogP contribution in [-0.2, 0) is 4.79 Å². The van der Waals surface area contributed by atoms with Crippen molar-refractivity contribution in [1.82, 2.24) is 9.78 Å². The third-order valence-corrected chi connectivity index (χ3v) is 3.75. The minimum Gasteiger partial charge on any atom is -0.479 e. The summed E-state index contributed by atoms with van der Waals surface area (Å²) >= 11 is 6.03. The normalized spacial score (nSPS) is 13.5. The number of amides is 1. The fourth-order valence-electron chi connectivity index (χ4n) is 1.95. The molecule has 1 aromatic heterocycles. The van der Waals surface area contributed by atoms with E-state index in [0.29, 0.717) is 16.6 Å². The van der Waals surface area contributed by atoms with Crippen molar-refractivity contribution in [2.45, 2.75) is 39.3 Å². The summed E-state index contributed by atoms with van der Waals surface area (Å²) in [5, 5.41) is 7.55. The van der Waals surface area contributed by atoms with Gasteiger partial charge in [0.1, 0.15) is 11.6 Å². The fourth-order valence-corrected chi connectivity index (χ4v) is 2.13. The highest BCUT2D eigenvalue weighted by Gasteiger charge is 2.18. The molecule has 2 aromatic rings. The van der Waals surface area contributed by atoms with Crippen molar-refractivity contribution in [1.29, 1.82) is 0 Å².